The molecule has 7 nitrogen and oxygen atoms in total. The van der Waals surface area contributed by atoms with Crippen molar-refractivity contribution in [2.45, 2.75) is 38.0 Å². The number of halogens is 1. The maximum absolute atomic E-state index is 14.5. The van der Waals surface area contributed by atoms with Crippen LogP contribution in [0.3, 0.4) is 0 Å². The summed E-state index contributed by atoms with van der Waals surface area (Å²) < 4.78 is 25.7. The summed E-state index contributed by atoms with van der Waals surface area (Å²) in [5, 5.41) is 9.20. The number of aliphatic hydroxyl groups excluding tert-OH is 1. The molecule has 0 spiro atoms. The highest BCUT2D eigenvalue weighted by atomic mass is 32.1. The quantitative estimate of drug-likeness (QED) is 0.527. The molecular weight excluding hydrogens is 289 g/mol. The molecule has 112 valence electrons. The van der Waals surface area contributed by atoms with Crippen molar-refractivity contribution in [1.82, 2.24) is 9.55 Å². The molecule has 2 heterocycles. The standard InChI is InChI=1S/C11H16FN3O4S/c1-5-3-15(10(17)14-9(5)13)11(2)8(12)7(19-20)6(4-16)18-11/h3,6-8,16,20H,4H2,1-2H3,(H2,13,14,17)/t6-,7?,8?,11?/m1/s1. The molecule has 1 aromatic rings. The van der Waals surface area contributed by atoms with Crippen LogP contribution in [0.25, 0.3) is 0 Å². The Morgan fingerprint density at radius 2 is 2.40 bits per heavy atom. The predicted octanol–water partition coefficient (Wildman–Crippen LogP) is -0.234. The number of anilines is 1. The minimum absolute atomic E-state index is 0.0731. The topological polar surface area (TPSA) is 99.6 Å². The van der Waals surface area contributed by atoms with Gasteiger partial charge in [0.05, 0.1) is 6.61 Å². The van der Waals surface area contributed by atoms with E-state index in [4.69, 9.17) is 14.7 Å². The number of hydrogen-bond acceptors (Lipinski definition) is 7. The lowest BCUT2D eigenvalue weighted by Gasteiger charge is -2.28. The largest absolute Gasteiger partial charge is 0.394 e. The Bertz CT molecular complexity index is 569. The maximum Gasteiger partial charge on any atom is 0.351 e. The third-order valence-corrected chi connectivity index (χ3v) is 3.73. The molecule has 0 aliphatic carbocycles. The molecule has 1 saturated heterocycles. The summed E-state index contributed by atoms with van der Waals surface area (Å²) in [4.78, 5) is 15.5. The Labute approximate surface area is 120 Å². The Kier molecular flexibility index (Phi) is 4.05. The molecular formula is C11H16FN3O4S. The molecule has 1 aromatic heterocycles. The van der Waals surface area contributed by atoms with Crippen LogP contribution >= 0.6 is 12.9 Å². The molecule has 0 aromatic carbocycles. The number of ether oxygens (including phenoxy) is 1. The molecule has 1 fully saturated rings. The molecule has 9 heteroatoms. The van der Waals surface area contributed by atoms with Crippen LogP contribution in [0.1, 0.15) is 12.5 Å². The number of nitrogen functional groups attached to an aromatic ring is 1. The van der Waals surface area contributed by atoms with Crippen molar-refractivity contribution in [3.05, 3.63) is 22.2 Å². The minimum Gasteiger partial charge on any atom is -0.394 e. The summed E-state index contributed by atoms with van der Waals surface area (Å²) in [5.41, 5.74) is 3.66. The van der Waals surface area contributed by atoms with Crippen LogP contribution in [0.2, 0.25) is 0 Å². The van der Waals surface area contributed by atoms with Gasteiger partial charge in [-0.05, 0) is 26.8 Å². The van der Waals surface area contributed by atoms with Crippen LogP contribution in [0.15, 0.2) is 11.0 Å². The van der Waals surface area contributed by atoms with E-state index in [0.29, 0.717) is 5.56 Å². The van der Waals surface area contributed by atoms with Crippen molar-refractivity contribution in [3.8, 4) is 0 Å². The van der Waals surface area contributed by atoms with Crippen LogP contribution in [0.5, 0.6) is 0 Å². The van der Waals surface area contributed by atoms with Gasteiger partial charge < -0.3 is 19.8 Å². The highest BCUT2D eigenvalue weighted by molar-refractivity contribution is 7.75. The van der Waals surface area contributed by atoms with E-state index in [1.165, 1.54) is 13.1 Å². The van der Waals surface area contributed by atoms with Crippen LogP contribution in [-0.2, 0) is 14.6 Å². The van der Waals surface area contributed by atoms with Gasteiger partial charge in [-0.3, -0.25) is 4.57 Å². The summed E-state index contributed by atoms with van der Waals surface area (Å²) in [6.07, 6.45) is -2.37. The van der Waals surface area contributed by atoms with Gasteiger partial charge in [0.2, 0.25) is 0 Å². The fourth-order valence-corrected chi connectivity index (χ4v) is 2.50. The van der Waals surface area contributed by atoms with Crippen molar-refractivity contribution < 1.29 is 18.4 Å². The second-order valence-electron chi connectivity index (χ2n) is 4.83. The van der Waals surface area contributed by atoms with Crippen molar-refractivity contribution >= 4 is 18.7 Å². The van der Waals surface area contributed by atoms with Crippen LogP contribution in [0, 0.1) is 6.92 Å². The Morgan fingerprint density at radius 1 is 1.75 bits per heavy atom. The lowest BCUT2D eigenvalue weighted by molar-refractivity contribution is -0.122. The second kappa shape index (κ2) is 5.32. The number of aryl methyl sites for hydroxylation is 1. The van der Waals surface area contributed by atoms with Gasteiger partial charge in [0, 0.05) is 11.8 Å². The highest BCUT2D eigenvalue weighted by Crippen LogP contribution is 2.38. The third kappa shape index (κ3) is 2.20. The molecule has 4 atom stereocenters. The number of aromatic nitrogens is 2. The smallest absolute Gasteiger partial charge is 0.351 e. The van der Waals surface area contributed by atoms with E-state index in [0.717, 1.165) is 4.57 Å². The lowest BCUT2D eigenvalue weighted by Crippen LogP contribution is -2.47. The van der Waals surface area contributed by atoms with Gasteiger partial charge in [-0.25, -0.2) is 9.18 Å². The van der Waals surface area contributed by atoms with Crippen LogP contribution < -0.4 is 11.4 Å². The monoisotopic (exact) mass is 305 g/mol. The van der Waals surface area contributed by atoms with E-state index in [1.807, 2.05) is 0 Å². The lowest BCUT2D eigenvalue weighted by atomic mass is 10.1. The van der Waals surface area contributed by atoms with E-state index in [9.17, 15) is 14.3 Å². The van der Waals surface area contributed by atoms with Crippen molar-refractivity contribution in [2.75, 3.05) is 12.3 Å². The summed E-state index contributed by atoms with van der Waals surface area (Å²) in [6.45, 7) is 2.56. The molecule has 0 amide bonds. The molecule has 0 bridgehead atoms. The molecule has 0 radical (unpaired) electrons. The number of aliphatic hydroxyl groups is 1. The number of hydrogen-bond donors (Lipinski definition) is 3. The fourth-order valence-electron chi connectivity index (χ4n) is 2.26. The van der Waals surface area contributed by atoms with Gasteiger partial charge in [-0.2, -0.15) is 4.98 Å². The van der Waals surface area contributed by atoms with Gasteiger partial charge in [-0.1, -0.05) is 0 Å². The van der Waals surface area contributed by atoms with Crippen molar-refractivity contribution in [2.24, 2.45) is 0 Å². The van der Waals surface area contributed by atoms with E-state index in [2.05, 4.69) is 17.9 Å². The first-order chi connectivity index (χ1) is 9.35. The summed E-state index contributed by atoms with van der Waals surface area (Å²) in [5.74, 6) is 0.0731. The Morgan fingerprint density at radius 3 is 2.90 bits per heavy atom. The predicted molar refractivity (Wildman–Crippen MR) is 72.0 cm³/mol. The normalized spacial score (nSPS) is 33.5. The number of rotatable bonds is 3. The number of nitrogens with two attached hydrogens (primary N) is 1. The molecule has 3 N–H and O–H groups in total. The number of thiol groups is 1. The first-order valence-electron chi connectivity index (χ1n) is 5.94. The summed E-state index contributed by atoms with van der Waals surface area (Å²) in [6, 6.07) is 0. The number of alkyl halides is 1. The Balaban J connectivity index is 2.51. The fraction of sp³-hybridized carbons (Fsp3) is 0.636. The van der Waals surface area contributed by atoms with E-state index < -0.39 is 36.4 Å². The van der Waals surface area contributed by atoms with E-state index in [1.54, 1.807) is 6.92 Å². The van der Waals surface area contributed by atoms with Crippen molar-refractivity contribution in [3.63, 3.8) is 0 Å². The van der Waals surface area contributed by atoms with Crippen molar-refractivity contribution in [1.29, 1.82) is 0 Å². The molecule has 3 unspecified atom stereocenters. The molecule has 1 aliphatic heterocycles. The molecule has 1 aliphatic rings. The first kappa shape index (κ1) is 15.2. The van der Waals surface area contributed by atoms with Gasteiger partial charge in [-0.15, -0.1) is 0 Å². The first-order valence-corrected chi connectivity index (χ1v) is 6.31. The maximum atomic E-state index is 14.5. The van der Waals surface area contributed by atoms with E-state index in [-0.39, 0.29) is 5.82 Å². The van der Waals surface area contributed by atoms with Crippen LogP contribution in [0.4, 0.5) is 10.2 Å². The molecule has 0 saturated carbocycles. The third-order valence-electron chi connectivity index (χ3n) is 3.49. The zero-order chi connectivity index (χ0) is 15.1. The minimum atomic E-state index is -1.71. The average Bonchev–Trinajstić information content (AvgIpc) is 2.66. The number of nitrogens with zero attached hydrogens (tertiary/aromatic N) is 2. The summed E-state index contributed by atoms with van der Waals surface area (Å²) in [7, 11) is 0. The summed E-state index contributed by atoms with van der Waals surface area (Å²) >= 11 is 3.59. The zero-order valence-corrected chi connectivity index (χ0v) is 11.9. The van der Waals surface area contributed by atoms with Gasteiger partial charge in [0.25, 0.3) is 0 Å². The second-order valence-corrected chi connectivity index (χ2v) is 5.04. The molecule has 2 rings (SSSR count). The van der Waals surface area contributed by atoms with Gasteiger partial charge >= 0.3 is 5.69 Å². The molecule has 20 heavy (non-hydrogen) atoms. The zero-order valence-electron chi connectivity index (χ0n) is 11.0. The van der Waals surface area contributed by atoms with Crippen LogP contribution in [-0.4, -0.2) is 39.6 Å². The van der Waals surface area contributed by atoms with Gasteiger partial charge in [0.15, 0.2) is 11.9 Å². The van der Waals surface area contributed by atoms with Gasteiger partial charge in [0.1, 0.15) is 18.0 Å². The SMILES string of the molecule is Cc1cn(C2(C)O[C@H](CO)C(OS)C2F)c(=O)nc1N. The highest BCUT2D eigenvalue weighted by Gasteiger charge is 2.55. The Hall–Kier alpha value is -1.16. The average molecular weight is 305 g/mol. The van der Waals surface area contributed by atoms with E-state index >= 15 is 0 Å².